The van der Waals surface area contributed by atoms with Gasteiger partial charge in [0.05, 0.1) is 4.47 Å². The quantitative estimate of drug-likeness (QED) is 0.445. The van der Waals surface area contributed by atoms with Gasteiger partial charge in [0.1, 0.15) is 11.8 Å². The van der Waals surface area contributed by atoms with E-state index in [9.17, 15) is 9.59 Å². The largest absolute Gasteiger partial charge is 0.483 e. The standard InChI is InChI=1S/C22H25Br2ClN2O3/c1-14(2)11-26-22(29)15(3)27(12-16-5-4-6-17(23)9-16)21(28)13-30-20-8-7-18(25)10-19(20)24/h4-10,14-15H,11-13H2,1-3H3,(H,26,29). The zero-order chi connectivity index (χ0) is 22.3. The van der Waals surface area contributed by atoms with Crippen LogP contribution in [0.4, 0.5) is 0 Å². The third-order valence-electron chi connectivity index (χ3n) is 4.34. The minimum atomic E-state index is -0.646. The average molecular weight is 561 g/mol. The number of nitrogens with zero attached hydrogens (tertiary/aromatic N) is 1. The molecule has 0 spiro atoms. The molecule has 0 saturated carbocycles. The maximum Gasteiger partial charge on any atom is 0.261 e. The second-order valence-corrected chi connectivity index (χ2v) is 9.54. The molecular formula is C22H25Br2ClN2O3. The Morgan fingerprint density at radius 1 is 1.13 bits per heavy atom. The van der Waals surface area contributed by atoms with Crippen LogP contribution in [0.3, 0.4) is 0 Å². The van der Waals surface area contributed by atoms with Crippen LogP contribution in [-0.2, 0) is 16.1 Å². The van der Waals surface area contributed by atoms with E-state index in [2.05, 4.69) is 37.2 Å². The lowest BCUT2D eigenvalue weighted by Gasteiger charge is -2.29. The van der Waals surface area contributed by atoms with Crippen LogP contribution in [0.15, 0.2) is 51.4 Å². The Bertz CT molecular complexity index is 892. The molecule has 1 unspecified atom stereocenters. The van der Waals surface area contributed by atoms with Gasteiger partial charge in [-0.05, 0) is 64.7 Å². The molecule has 0 fully saturated rings. The van der Waals surface area contributed by atoms with Crippen LogP contribution in [0.5, 0.6) is 5.75 Å². The number of halogens is 3. The minimum Gasteiger partial charge on any atom is -0.483 e. The van der Waals surface area contributed by atoms with E-state index in [1.54, 1.807) is 25.1 Å². The highest BCUT2D eigenvalue weighted by Crippen LogP contribution is 2.28. The lowest BCUT2D eigenvalue weighted by Crippen LogP contribution is -2.49. The molecular weight excluding hydrogens is 536 g/mol. The molecule has 0 aliphatic carbocycles. The first-order valence-corrected chi connectivity index (χ1v) is 11.5. The highest BCUT2D eigenvalue weighted by molar-refractivity contribution is 9.10. The molecule has 0 aliphatic rings. The summed E-state index contributed by atoms with van der Waals surface area (Å²) in [6.45, 7) is 6.41. The van der Waals surface area contributed by atoms with Crippen LogP contribution in [0.25, 0.3) is 0 Å². The predicted octanol–water partition coefficient (Wildman–Crippen LogP) is 5.43. The van der Waals surface area contributed by atoms with Gasteiger partial charge in [0.15, 0.2) is 6.61 Å². The molecule has 1 N–H and O–H groups in total. The molecule has 0 aliphatic heterocycles. The van der Waals surface area contributed by atoms with Gasteiger partial charge < -0.3 is 15.0 Å². The molecule has 2 rings (SSSR count). The molecule has 0 saturated heterocycles. The first-order chi connectivity index (χ1) is 14.2. The molecule has 0 bridgehead atoms. The fraction of sp³-hybridized carbons (Fsp3) is 0.364. The van der Waals surface area contributed by atoms with Crippen LogP contribution in [-0.4, -0.2) is 35.9 Å². The van der Waals surface area contributed by atoms with E-state index < -0.39 is 6.04 Å². The van der Waals surface area contributed by atoms with Crippen molar-refractivity contribution in [2.45, 2.75) is 33.4 Å². The third kappa shape index (κ3) is 7.60. The third-order valence-corrected chi connectivity index (χ3v) is 5.69. The van der Waals surface area contributed by atoms with Crippen molar-refractivity contribution < 1.29 is 14.3 Å². The van der Waals surface area contributed by atoms with Gasteiger partial charge in [-0.3, -0.25) is 9.59 Å². The van der Waals surface area contributed by atoms with Crippen molar-refractivity contribution in [2.24, 2.45) is 5.92 Å². The van der Waals surface area contributed by atoms with Gasteiger partial charge in [0.2, 0.25) is 5.91 Å². The predicted molar refractivity (Wildman–Crippen MR) is 127 cm³/mol. The second kappa shape index (κ2) is 11.7. The van der Waals surface area contributed by atoms with E-state index in [1.165, 1.54) is 4.90 Å². The summed E-state index contributed by atoms with van der Waals surface area (Å²) in [6, 6.07) is 12.1. The first-order valence-electron chi connectivity index (χ1n) is 9.57. The summed E-state index contributed by atoms with van der Waals surface area (Å²) in [5.74, 6) is 0.344. The maximum absolute atomic E-state index is 13.0. The van der Waals surface area contributed by atoms with E-state index in [0.29, 0.717) is 34.3 Å². The van der Waals surface area contributed by atoms with E-state index in [-0.39, 0.29) is 18.4 Å². The fourth-order valence-electron chi connectivity index (χ4n) is 2.68. The fourth-order valence-corrected chi connectivity index (χ4v) is 3.93. The Kier molecular flexibility index (Phi) is 9.65. The van der Waals surface area contributed by atoms with E-state index in [4.69, 9.17) is 16.3 Å². The molecule has 2 aromatic carbocycles. The van der Waals surface area contributed by atoms with Crippen LogP contribution in [0.2, 0.25) is 5.02 Å². The van der Waals surface area contributed by atoms with Crippen molar-refractivity contribution in [1.29, 1.82) is 0 Å². The minimum absolute atomic E-state index is 0.195. The number of benzene rings is 2. The zero-order valence-electron chi connectivity index (χ0n) is 17.1. The van der Waals surface area contributed by atoms with Crippen molar-refractivity contribution in [3.8, 4) is 5.75 Å². The Labute approximate surface area is 199 Å². The van der Waals surface area contributed by atoms with Crippen molar-refractivity contribution in [2.75, 3.05) is 13.2 Å². The van der Waals surface area contributed by atoms with Gasteiger partial charge in [-0.1, -0.05) is 53.5 Å². The lowest BCUT2D eigenvalue weighted by molar-refractivity contribution is -0.142. The lowest BCUT2D eigenvalue weighted by atomic mass is 10.1. The molecule has 2 aromatic rings. The summed E-state index contributed by atoms with van der Waals surface area (Å²) in [7, 11) is 0. The molecule has 0 radical (unpaired) electrons. The molecule has 8 heteroatoms. The van der Waals surface area contributed by atoms with Gasteiger partial charge in [0.25, 0.3) is 5.91 Å². The number of hydrogen-bond donors (Lipinski definition) is 1. The molecule has 30 heavy (non-hydrogen) atoms. The molecule has 162 valence electrons. The normalized spacial score (nSPS) is 11.8. The van der Waals surface area contributed by atoms with Gasteiger partial charge in [0, 0.05) is 22.6 Å². The topological polar surface area (TPSA) is 58.6 Å². The Balaban J connectivity index is 2.15. The Morgan fingerprint density at radius 2 is 1.87 bits per heavy atom. The van der Waals surface area contributed by atoms with Crippen LogP contribution < -0.4 is 10.1 Å². The number of ether oxygens (including phenoxy) is 1. The highest BCUT2D eigenvalue weighted by atomic mass is 79.9. The van der Waals surface area contributed by atoms with Gasteiger partial charge >= 0.3 is 0 Å². The Morgan fingerprint density at radius 3 is 2.50 bits per heavy atom. The molecule has 1 atom stereocenters. The van der Waals surface area contributed by atoms with E-state index in [1.807, 2.05) is 38.1 Å². The number of nitrogens with one attached hydrogen (secondary N) is 1. The maximum atomic E-state index is 13.0. The molecule has 5 nitrogen and oxygen atoms in total. The number of amides is 2. The van der Waals surface area contributed by atoms with Crippen molar-refractivity contribution in [3.05, 3.63) is 62.0 Å². The summed E-state index contributed by atoms with van der Waals surface area (Å²) >= 11 is 12.8. The molecule has 0 heterocycles. The monoisotopic (exact) mass is 558 g/mol. The summed E-state index contributed by atoms with van der Waals surface area (Å²) < 4.78 is 7.25. The summed E-state index contributed by atoms with van der Waals surface area (Å²) in [6.07, 6.45) is 0. The van der Waals surface area contributed by atoms with Gasteiger partial charge in [-0.25, -0.2) is 0 Å². The average Bonchev–Trinajstić information content (AvgIpc) is 2.68. The van der Waals surface area contributed by atoms with Crippen LogP contribution >= 0.6 is 43.5 Å². The summed E-state index contributed by atoms with van der Waals surface area (Å²) in [4.78, 5) is 27.2. The van der Waals surface area contributed by atoms with Crippen LogP contribution in [0.1, 0.15) is 26.3 Å². The van der Waals surface area contributed by atoms with Crippen LogP contribution in [0, 0.1) is 5.92 Å². The Hall–Kier alpha value is -1.57. The number of rotatable bonds is 9. The second-order valence-electron chi connectivity index (χ2n) is 7.33. The molecule has 2 amide bonds. The number of hydrogen-bond acceptors (Lipinski definition) is 3. The van der Waals surface area contributed by atoms with Crippen molar-refractivity contribution in [1.82, 2.24) is 10.2 Å². The smallest absolute Gasteiger partial charge is 0.261 e. The first kappa shape index (κ1) is 24.7. The SMILES string of the molecule is CC(C)CNC(=O)C(C)N(Cc1cccc(Br)c1)C(=O)COc1ccc(Cl)cc1Br. The highest BCUT2D eigenvalue weighted by Gasteiger charge is 2.26. The summed E-state index contributed by atoms with van der Waals surface area (Å²) in [5, 5.41) is 3.46. The number of carbonyl (C=O) groups is 2. The molecule has 0 aromatic heterocycles. The van der Waals surface area contributed by atoms with Crippen molar-refractivity contribution in [3.63, 3.8) is 0 Å². The van der Waals surface area contributed by atoms with E-state index >= 15 is 0 Å². The number of carbonyl (C=O) groups excluding carboxylic acids is 2. The van der Waals surface area contributed by atoms with Gasteiger partial charge in [-0.15, -0.1) is 0 Å². The zero-order valence-corrected chi connectivity index (χ0v) is 21.1. The van der Waals surface area contributed by atoms with Gasteiger partial charge in [-0.2, -0.15) is 0 Å². The summed E-state index contributed by atoms with van der Waals surface area (Å²) in [5.41, 5.74) is 0.911. The van der Waals surface area contributed by atoms with Crippen molar-refractivity contribution >= 4 is 55.3 Å². The van der Waals surface area contributed by atoms with E-state index in [0.717, 1.165) is 10.0 Å².